The molecule has 4 rings (SSSR count). The van der Waals surface area contributed by atoms with Crippen molar-refractivity contribution in [2.24, 2.45) is 0 Å². The van der Waals surface area contributed by atoms with E-state index in [-0.39, 0.29) is 12.5 Å². The minimum atomic E-state index is -0.153. The molecule has 114 valence electrons. The topological polar surface area (TPSA) is 90.9 Å². The van der Waals surface area contributed by atoms with Crippen LogP contribution < -0.4 is 5.32 Å². The summed E-state index contributed by atoms with van der Waals surface area (Å²) in [6.45, 7) is 0.429. The van der Waals surface area contributed by atoms with Crippen molar-refractivity contribution in [1.82, 2.24) is 20.7 Å². The van der Waals surface area contributed by atoms with Gasteiger partial charge < -0.3 is 10.4 Å². The number of carbonyl (C=O) groups is 1. The second-order valence-electron chi connectivity index (χ2n) is 5.41. The van der Waals surface area contributed by atoms with Crippen LogP contribution in [0.15, 0.2) is 42.5 Å². The number of hydrogen-bond donors (Lipinski definition) is 3. The van der Waals surface area contributed by atoms with E-state index in [0.29, 0.717) is 17.9 Å². The third kappa shape index (κ3) is 2.29. The molecule has 0 unspecified atom stereocenters. The van der Waals surface area contributed by atoms with Crippen LogP contribution >= 0.6 is 0 Å². The highest BCUT2D eigenvalue weighted by Gasteiger charge is 2.18. The van der Waals surface area contributed by atoms with Gasteiger partial charge in [0.2, 0.25) is 0 Å². The van der Waals surface area contributed by atoms with Gasteiger partial charge in [0.15, 0.2) is 0 Å². The zero-order valence-corrected chi connectivity index (χ0v) is 12.2. The van der Waals surface area contributed by atoms with Gasteiger partial charge in [-0.25, -0.2) is 0 Å². The van der Waals surface area contributed by atoms with E-state index in [4.69, 9.17) is 0 Å². The van der Waals surface area contributed by atoms with Crippen molar-refractivity contribution in [3.05, 3.63) is 59.3 Å². The highest BCUT2D eigenvalue weighted by atomic mass is 16.3. The Morgan fingerprint density at radius 3 is 2.52 bits per heavy atom. The molecule has 0 spiro atoms. The monoisotopic (exact) mass is 306 g/mol. The fraction of sp³-hybridized carbons (Fsp3) is 0.118. The predicted molar refractivity (Wildman–Crippen MR) is 84.3 cm³/mol. The Kier molecular flexibility index (Phi) is 3.17. The van der Waals surface area contributed by atoms with E-state index in [1.54, 1.807) is 0 Å². The number of aromatic nitrogens is 3. The van der Waals surface area contributed by atoms with Crippen LogP contribution in [0, 0.1) is 0 Å². The minimum absolute atomic E-state index is 0.00976. The summed E-state index contributed by atoms with van der Waals surface area (Å²) in [5.41, 5.74) is 5.97. The molecule has 0 saturated heterocycles. The molecule has 0 radical (unpaired) electrons. The first kappa shape index (κ1) is 13.7. The molecule has 2 aromatic carbocycles. The Labute approximate surface area is 132 Å². The SMILES string of the molecule is O=C1NCc2cc(-c3ccc(-c4n[nH]nc4CO)cc3)ccc21. The summed E-state index contributed by atoms with van der Waals surface area (Å²) in [5, 5.41) is 22.6. The van der Waals surface area contributed by atoms with Crippen LogP contribution in [0.3, 0.4) is 0 Å². The average Bonchev–Trinajstić information content (AvgIpc) is 3.21. The first-order valence-corrected chi connectivity index (χ1v) is 7.28. The largest absolute Gasteiger partial charge is 0.390 e. The lowest BCUT2D eigenvalue weighted by molar-refractivity contribution is 0.0966. The molecule has 0 aliphatic carbocycles. The summed E-state index contributed by atoms with van der Waals surface area (Å²) in [5.74, 6) is -0.00976. The summed E-state index contributed by atoms with van der Waals surface area (Å²) in [7, 11) is 0. The first-order chi connectivity index (χ1) is 11.3. The molecule has 6 heteroatoms. The van der Waals surface area contributed by atoms with Crippen molar-refractivity contribution in [1.29, 1.82) is 0 Å². The van der Waals surface area contributed by atoms with Crippen LogP contribution in [0.25, 0.3) is 22.4 Å². The zero-order chi connectivity index (χ0) is 15.8. The first-order valence-electron chi connectivity index (χ1n) is 7.28. The maximum Gasteiger partial charge on any atom is 0.251 e. The maximum absolute atomic E-state index is 11.6. The Balaban J connectivity index is 1.68. The number of aliphatic hydroxyl groups excluding tert-OH is 1. The molecule has 1 aromatic heterocycles. The van der Waals surface area contributed by atoms with Crippen LogP contribution in [0.4, 0.5) is 0 Å². The van der Waals surface area contributed by atoms with Gasteiger partial charge in [-0.05, 0) is 28.8 Å². The van der Waals surface area contributed by atoms with Gasteiger partial charge in [0.05, 0.1) is 6.61 Å². The molecule has 6 nitrogen and oxygen atoms in total. The lowest BCUT2D eigenvalue weighted by atomic mass is 9.99. The van der Waals surface area contributed by atoms with Gasteiger partial charge >= 0.3 is 0 Å². The molecule has 1 aliphatic heterocycles. The highest BCUT2D eigenvalue weighted by Crippen LogP contribution is 2.27. The Hall–Kier alpha value is -2.99. The quantitative estimate of drug-likeness (QED) is 0.689. The number of fused-ring (bicyclic) bond motifs is 1. The van der Waals surface area contributed by atoms with Crippen molar-refractivity contribution in [3.63, 3.8) is 0 Å². The second-order valence-corrected chi connectivity index (χ2v) is 5.41. The fourth-order valence-corrected chi connectivity index (χ4v) is 2.83. The number of hydrogen-bond acceptors (Lipinski definition) is 4. The number of nitrogens with zero attached hydrogens (tertiary/aromatic N) is 2. The standard InChI is InChI=1S/C17H14N4O2/c22-9-15-16(20-21-19-15)11-3-1-10(2-4-11)12-5-6-14-13(7-12)8-18-17(14)23/h1-7,22H,8-9H2,(H,18,23)(H,19,20,21). The summed E-state index contributed by atoms with van der Waals surface area (Å²) in [6, 6.07) is 13.7. The van der Waals surface area contributed by atoms with Gasteiger partial charge in [-0.3, -0.25) is 4.79 Å². The Morgan fingerprint density at radius 1 is 1.00 bits per heavy atom. The molecule has 3 aromatic rings. The summed E-state index contributed by atoms with van der Waals surface area (Å²) >= 11 is 0. The summed E-state index contributed by atoms with van der Waals surface area (Å²) < 4.78 is 0. The molecule has 1 amide bonds. The van der Waals surface area contributed by atoms with E-state index < -0.39 is 0 Å². The third-order valence-corrected chi connectivity index (χ3v) is 4.05. The van der Waals surface area contributed by atoms with Crippen LogP contribution in [0.5, 0.6) is 0 Å². The van der Waals surface area contributed by atoms with Gasteiger partial charge in [-0.1, -0.05) is 30.3 Å². The number of aliphatic hydroxyl groups is 1. The van der Waals surface area contributed by atoms with Gasteiger partial charge in [0, 0.05) is 17.7 Å². The molecule has 3 N–H and O–H groups in total. The number of H-pyrrole nitrogens is 1. The number of amides is 1. The van der Waals surface area contributed by atoms with E-state index in [1.165, 1.54) is 0 Å². The molecule has 0 bridgehead atoms. The van der Waals surface area contributed by atoms with Crippen molar-refractivity contribution < 1.29 is 9.90 Å². The number of aromatic amines is 1. The van der Waals surface area contributed by atoms with Crippen LogP contribution in [0.2, 0.25) is 0 Å². The number of carbonyl (C=O) groups excluding carboxylic acids is 1. The van der Waals surface area contributed by atoms with E-state index in [2.05, 4.69) is 20.7 Å². The van der Waals surface area contributed by atoms with Crippen molar-refractivity contribution >= 4 is 5.91 Å². The van der Waals surface area contributed by atoms with E-state index >= 15 is 0 Å². The van der Waals surface area contributed by atoms with Gasteiger partial charge in [0.1, 0.15) is 11.4 Å². The van der Waals surface area contributed by atoms with Gasteiger partial charge in [-0.15, -0.1) is 0 Å². The molecular formula is C17H14N4O2. The highest BCUT2D eigenvalue weighted by molar-refractivity contribution is 5.98. The molecule has 2 heterocycles. The van der Waals surface area contributed by atoms with Crippen LogP contribution in [-0.4, -0.2) is 26.4 Å². The minimum Gasteiger partial charge on any atom is -0.390 e. The van der Waals surface area contributed by atoms with Crippen LogP contribution in [0.1, 0.15) is 21.6 Å². The van der Waals surface area contributed by atoms with Gasteiger partial charge in [-0.2, -0.15) is 15.4 Å². The number of nitrogens with one attached hydrogen (secondary N) is 2. The second kappa shape index (κ2) is 5.33. The predicted octanol–water partition coefficient (Wildman–Crippen LogP) is 1.87. The fourth-order valence-electron chi connectivity index (χ4n) is 2.83. The maximum atomic E-state index is 11.6. The Morgan fingerprint density at radius 2 is 1.74 bits per heavy atom. The lowest BCUT2D eigenvalue weighted by Gasteiger charge is -2.05. The molecule has 1 aliphatic rings. The van der Waals surface area contributed by atoms with Crippen molar-refractivity contribution in [2.75, 3.05) is 0 Å². The summed E-state index contributed by atoms with van der Waals surface area (Å²) in [4.78, 5) is 11.6. The van der Waals surface area contributed by atoms with E-state index in [9.17, 15) is 9.90 Å². The summed E-state index contributed by atoms with van der Waals surface area (Å²) in [6.07, 6.45) is 0. The van der Waals surface area contributed by atoms with E-state index in [1.807, 2.05) is 42.5 Å². The smallest absolute Gasteiger partial charge is 0.251 e. The lowest BCUT2D eigenvalue weighted by Crippen LogP contribution is -2.12. The van der Waals surface area contributed by atoms with Crippen LogP contribution in [-0.2, 0) is 13.2 Å². The molecule has 0 atom stereocenters. The number of rotatable bonds is 3. The van der Waals surface area contributed by atoms with E-state index in [0.717, 1.165) is 27.8 Å². The van der Waals surface area contributed by atoms with Gasteiger partial charge in [0.25, 0.3) is 5.91 Å². The average molecular weight is 306 g/mol. The van der Waals surface area contributed by atoms with Crippen molar-refractivity contribution in [2.45, 2.75) is 13.2 Å². The Bertz CT molecular complexity index is 884. The zero-order valence-electron chi connectivity index (χ0n) is 12.2. The molecule has 23 heavy (non-hydrogen) atoms. The molecular weight excluding hydrogens is 292 g/mol. The number of benzene rings is 2. The third-order valence-electron chi connectivity index (χ3n) is 4.05. The molecule has 0 fully saturated rings. The normalized spacial score (nSPS) is 13.0. The van der Waals surface area contributed by atoms with Crippen molar-refractivity contribution in [3.8, 4) is 22.4 Å². The molecule has 0 saturated carbocycles.